The Morgan fingerprint density at radius 2 is 1.81 bits per heavy atom. The van der Waals surface area contributed by atoms with Gasteiger partial charge >= 0.3 is 6.09 Å². The van der Waals surface area contributed by atoms with E-state index in [9.17, 15) is 9.90 Å². The van der Waals surface area contributed by atoms with Gasteiger partial charge in [-0.05, 0) is 38.0 Å². The molecule has 21 heavy (non-hydrogen) atoms. The average Bonchev–Trinajstić information content (AvgIpc) is 2.46. The first-order valence-corrected chi connectivity index (χ1v) is 7.44. The zero-order valence-corrected chi connectivity index (χ0v) is 13.1. The number of rotatable bonds is 3. The third-order valence-electron chi connectivity index (χ3n) is 3.99. The number of carbonyl (C=O) groups is 1. The molecule has 1 N–H and O–H groups in total. The second-order valence-electron chi connectivity index (χ2n) is 5.53. The Morgan fingerprint density at radius 3 is 2.43 bits per heavy atom. The summed E-state index contributed by atoms with van der Waals surface area (Å²) in [5, 5.41) is 10.0. The number of piperazine rings is 1. The molecule has 0 unspecified atom stereocenters. The van der Waals surface area contributed by atoms with Crippen LogP contribution in [0.4, 0.5) is 4.79 Å². The lowest BCUT2D eigenvalue weighted by Gasteiger charge is -2.34. The first kappa shape index (κ1) is 15.6. The van der Waals surface area contributed by atoms with E-state index in [0.717, 1.165) is 24.2 Å². The Bertz CT molecular complexity index is 508. The molecule has 5 heteroatoms. The minimum absolute atomic E-state index is 0.230. The smallest absolute Gasteiger partial charge is 0.409 e. The van der Waals surface area contributed by atoms with Crippen LogP contribution in [0.1, 0.15) is 23.6 Å². The summed E-state index contributed by atoms with van der Waals surface area (Å²) in [5.74, 6) is 0.353. The maximum absolute atomic E-state index is 11.6. The number of nitrogens with zero attached hydrogens (tertiary/aromatic N) is 2. The van der Waals surface area contributed by atoms with E-state index in [-0.39, 0.29) is 6.09 Å². The summed E-state index contributed by atoms with van der Waals surface area (Å²) < 4.78 is 5.01. The van der Waals surface area contributed by atoms with Gasteiger partial charge in [0.2, 0.25) is 0 Å². The average molecular weight is 292 g/mol. The molecule has 1 aromatic carbocycles. The third kappa shape index (κ3) is 3.88. The molecule has 0 saturated carbocycles. The number of amides is 1. The van der Waals surface area contributed by atoms with Gasteiger partial charge in [-0.2, -0.15) is 0 Å². The van der Waals surface area contributed by atoms with E-state index >= 15 is 0 Å². The minimum Gasteiger partial charge on any atom is -0.508 e. The quantitative estimate of drug-likeness (QED) is 0.928. The molecule has 1 aromatic rings. The molecule has 1 aliphatic rings. The van der Waals surface area contributed by atoms with Crippen LogP contribution in [0.15, 0.2) is 12.1 Å². The molecule has 0 spiro atoms. The minimum atomic E-state index is -0.230. The van der Waals surface area contributed by atoms with Crippen molar-refractivity contribution in [3.05, 3.63) is 28.8 Å². The highest BCUT2D eigenvalue weighted by Gasteiger charge is 2.22. The number of ether oxygens (including phenoxy) is 1. The molecule has 1 saturated heterocycles. The highest BCUT2D eigenvalue weighted by atomic mass is 16.6. The van der Waals surface area contributed by atoms with E-state index in [0.29, 0.717) is 32.0 Å². The standard InChI is InChI=1S/C16H24N2O3/c1-4-21-16(20)18-7-5-17(6-8-18)11-14-9-12(2)13(3)10-15(14)19/h9-10,19H,4-8,11H2,1-3H3. The van der Waals surface area contributed by atoms with E-state index in [2.05, 4.69) is 11.8 Å². The van der Waals surface area contributed by atoms with E-state index in [1.165, 1.54) is 5.56 Å². The summed E-state index contributed by atoms with van der Waals surface area (Å²) in [7, 11) is 0. The molecule has 5 nitrogen and oxygen atoms in total. The van der Waals surface area contributed by atoms with Gasteiger partial charge in [-0.15, -0.1) is 0 Å². The summed E-state index contributed by atoms with van der Waals surface area (Å²) in [5.41, 5.74) is 3.24. The number of carbonyl (C=O) groups excluding carboxylic acids is 1. The topological polar surface area (TPSA) is 53.0 Å². The Morgan fingerprint density at radius 1 is 1.19 bits per heavy atom. The fourth-order valence-electron chi connectivity index (χ4n) is 2.53. The maximum atomic E-state index is 11.6. The number of aromatic hydroxyl groups is 1. The number of benzene rings is 1. The van der Waals surface area contributed by atoms with Gasteiger partial charge in [0.15, 0.2) is 0 Å². The molecule has 0 aromatic heterocycles. The van der Waals surface area contributed by atoms with Gasteiger partial charge in [0.05, 0.1) is 6.61 Å². The molecule has 1 aliphatic heterocycles. The van der Waals surface area contributed by atoms with Crippen molar-refractivity contribution in [2.45, 2.75) is 27.3 Å². The van der Waals surface area contributed by atoms with Crippen LogP contribution in [-0.4, -0.2) is 53.8 Å². The van der Waals surface area contributed by atoms with Crippen LogP contribution in [0.3, 0.4) is 0 Å². The highest BCUT2D eigenvalue weighted by molar-refractivity contribution is 5.67. The van der Waals surface area contributed by atoms with E-state index in [1.54, 1.807) is 4.90 Å². The lowest BCUT2D eigenvalue weighted by molar-refractivity contribution is 0.0776. The lowest BCUT2D eigenvalue weighted by Crippen LogP contribution is -2.48. The molecule has 0 aliphatic carbocycles. The van der Waals surface area contributed by atoms with Gasteiger partial charge in [0.1, 0.15) is 5.75 Å². The normalized spacial score (nSPS) is 16.0. The molecule has 1 amide bonds. The Hall–Kier alpha value is -1.75. The van der Waals surface area contributed by atoms with Gasteiger partial charge in [-0.3, -0.25) is 4.90 Å². The second kappa shape index (κ2) is 6.80. The van der Waals surface area contributed by atoms with Crippen molar-refractivity contribution >= 4 is 6.09 Å². The summed E-state index contributed by atoms with van der Waals surface area (Å²) in [4.78, 5) is 15.6. The van der Waals surface area contributed by atoms with Crippen LogP contribution in [0.25, 0.3) is 0 Å². The van der Waals surface area contributed by atoms with Crippen LogP contribution in [-0.2, 0) is 11.3 Å². The monoisotopic (exact) mass is 292 g/mol. The van der Waals surface area contributed by atoms with E-state index < -0.39 is 0 Å². The van der Waals surface area contributed by atoms with Gasteiger partial charge < -0.3 is 14.7 Å². The van der Waals surface area contributed by atoms with Crippen molar-refractivity contribution in [1.82, 2.24) is 9.80 Å². The number of phenolic OH excluding ortho intramolecular Hbond substituents is 1. The Kier molecular flexibility index (Phi) is 5.07. The molecular weight excluding hydrogens is 268 g/mol. The number of hydrogen-bond acceptors (Lipinski definition) is 4. The maximum Gasteiger partial charge on any atom is 0.409 e. The second-order valence-corrected chi connectivity index (χ2v) is 5.53. The first-order chi connectivity index (χ1) is 10.0. The van der Waals surface area contributed by atoms with Gasteiger partial charge in [-0.25, -0.2) is 4.79 Å². The van der Waals surface area contributed by atoms with Crippen molar-refractivity contribution < 1.29 is 14.6 Å². The van der Waals surface area contributed by atoms with E-state index in [4.69, 9.17) is 4.74 Å². The van der Waals surface area contributed by atoms with Gasteiger partial charge in [-0.1, -0.05) is 6.07 Å². The highest BCUT2D eigenvalue weighted by Crippen LogP contribution is 2.23. The number of hydrogen-bond donors (Lipinski definition) is 1. The number of phenols is 1. The van der Waals surface area contributed by atoms with Crippen LogP contribution in [0, 0.1) is 13.8 Å². The van der Waals surface area contributed by atoms with Gasteiger partial charge in [0.25, 0.3) is 0 Å². The van der Waals surface area contributed by atoms with Crippen molar-refractivity contribution in [2.75, 3.05) is 32.8 Å². The lowest BCUT2D eigenvalue weighted by atomic mass is 10.0. The molecule has 1 heterocycles. The summed E-state index contributed by atoms with van der Waals surface area (Å²) in [6.45, 7) is 9.93. The van der Waals surface area contributed by atoms with Crippen LogP contribution in [0.5, 0.6) is 5.75 Å². The van der Waals surface area contributed by atoms with Gasteiger partial charge in [0, 0.05) is 38.3 Å². The molecule has 1 fully saturated rings. The Labute approximate surface area is 126 Å². The SMILES string of the molecule is CCOC(=O)N1CCN(Cc2cc(C)c(C)cc2O)CC1. The van der Waals surface area contributed by atoms with Crippen LogP contribution in [0.2, 0.25) is 0 Å². The van der Waals surface area contributed by atoms with E-state index in [1.807, 2.05) is 26.0 Å². The number of aryl methyl sites for hydroxylation is 2. The van der Waals surface area contributed by atoms with Crippen molar-refractivity contribution in [2.24, 2.45) is 0 Å². The van der Waals surface area contributed by atoms with Crippen LogP contribution < -0.4 is 0 Å². The van der Waals surface area contributed by atoms with Crippen molar-refractivity contribution in [3.63, 3.8) is 0 Å². The molecule has 2 rings (SSSR count). The molecule has 0 atom stereocenters. The third-order valence-corrected chi connectivity index (χ3v) is 3.99. The summed E-state index contributed by atoms with van der Waals surface area (Å²) in [6.07, 6.45) is -0.230. The summed E-state index contributed by atoms with van der Waals surface area (Å²) in [6, 6.07) is 3.86. The Balaban J connectivity index is 1.92. The van der Waals surface area contributed by atoms with Crippen molar-refractivity contribution in [3.8, 4) is 5.75 Å². The zero-order chi connectivity index (χ0) is 15.4. The molecule has 0 bridgehead atoms. The fraction of sp³-hybridized carbons (Fsp3) is 0.562. The van der Waals surface area contributed by atoms with Crippen molar-refractivity contribution in [1.29, 1.82) is 0 Å². The van der Waals surface area contributed by atoms with Crippen LogP contribution >= 0.6 is 0 Å². The fourth-order valence-corrected chi connectivity index (χ4v) is 2.53. The molecule has 0 radical (unpaired) electrons. The molecular formula is C16H24N2O3. The molecule has 116 valence electrons. The summed E-state index contributed by atoms with van der Waals surface area (Å²) >= 11 is 0. The largest absolute Gasteiger partial charge is 0.508 e. The predicted octanol–water partition coefficient (Wildman–Crippen LogP) is 2.28. The first-order valence-electron chi connectivity index (χ1n) is 7.44. The predicted molar refractivity (Wildman–Crippen MR) is 81.5 cm³/mol. The zero-order valence-electron chi connectivity index (χ0n) is 13.1.